The monoisotopic (exact) mass is 484 g/mol. The van der Waals surface area contributed by atoms with Crippen molar-refractivity contribution in [2.45, 2.75) is 32.7 Å². The standard InChI is InChI=1S/C28H28N4O4/c1-4-23(27(34)29-18-11-10-12-19(17-18)36-3)32-24-16-9-8-15-22(24)31-26(28(32)35)20-13-6-7-14-21(20)30-25(33)5-2/h6-17,23H,4-5H2,1-3H3,(H,29,34)(H,30,33)/t23-/m1/s1. The zero-order valence-electron chi connectivity index (χ0n) is 20.4. The fourth-order valence-corrected chi connectivity index (χ4v) is 4.09. The fourth-order valence-electron chi connectivity index (χ4n) is 4.09. The number of hydrogen-bond donors (Lipinski definition) is 2. The molecule has 3 aromatic carbocycles. The Morgan fingerprint density at radius 2 is 1.72 bits per heavy atom. The lowest BCUT2D eigenvalue weighted by molar-refractivity contribution is -0.119. The topological polar surface area (TPSA) is 102 Å². The van der Waals surface area contributed by atoms with Crippen LogP contribution in [0, 0.1) is 0 Å². The van der Waals surface area contributed by atoms with E-state index in [1.54, 1.807) is 74.7 Å². The molecule has 8 nitrogen and oxygen atoms in total. The van der Waals surface area contributed by atoms with E-state index >= 15 is 0 Å². The fraction of sp³-hybridized carbons (Fsp3) is 0.214. The third kappa shape index (κ3) is 4.98. The average molecular weight is 485 g/mol. The van der Waals surface area contributed by atoms with Crippen LogP contribution in [0.25, 0.3) is 22.3 Å². The number of fused-ring (bicyclic) bond motifs is 1. The van der Waals surface area contributed by atoms with Crippen LogP contribution in [-0.2, 0) is 9.59 Å². The molecule has 2 amide bonds. The number of methoxy groups -OCH3 is 1. The molecule has 0 bridgehead atoms. The van der Waals surface area contributed by atoms with Gasteiger partial charge in [0, 0.05) is 23.7 Å². The van der Waals surface area contributed by atoms with Crippen molar-refractivity contribution < 1.29 is 14.3 Å². The van der Waals surface area contributed by atoms with Crippen molar-refractivity contribution in [3.8, 4) is 17.0 Å². The second kappa shape index (κ2) is 10.9. The molecular formula is C28H28N4O4. The number of para-hydroxylation sites is 3. The third-order valence-corrected chi connectivity index (χ3v) is 5.91. The second-order valence-electron chi connectivity index (χ2n) is 8.22. The maximum Gasteiger partial charge on any atom is 0.278 e. The van der Waals surface area contributed by atoms with Gasteiger partial charge in [-0.1, -0.05) is 50.2 Å². The van der Waals surface area contributed by atoms with Crippen molar-refractivity contribution in [2.75, 3.05) is 17.7 Å². The Labute approximate surface area is 208 Å². The van der Waals surface area contributed by atoms with Gasteiger partial charge in [0.25, 0.3) is 5.56 Å². The van der Waals surface area contributed by atoms with E-state index in [0.717, 1.165) is 0 Å². The minimum Gasteiger partial charge on any atom is -0.497 e. The van der Waals surface area contributed by atoms with Crippen LogP contribution in [0.15, 0.2) is 77.6 Å². The van der Waals surface area contributed by atoms with E-state index in [9.17, 15) is 14.4 Å². The molecule has 0 spiro atoms. The molecular weight excluding hydrogens is 456 g/mol. The molecule has 184 valence electrons. The van der Waals surface area contributed by atoms with Gasteiger partial charge >= 0.3 is 0 Å². The Bertz CT molecular complexity index is 1480. The number of aromatic nitrogens is 2. The normalized spacial score (nSPS) is 11.6. The number of amides is 2. The first-order valence-corrected chi connectivity index (χ1v) is 11.8. The van der Waals surface area contributed by atoms with Gasteiger partial charge in [0.15, 0.2) is 0 Å². The molecule has 0 unspecified atom stereocenters. The van der Waals surface area contributed by atoms with Crippen molar-refractivity contribution in [2.24, 2.45) is 0 Å². The van der Waals surface area contributed by atoms with Gasteiger partial charge in [-0.25, -0.2) is 4.98 Å². The highest BCUT2D eigenvalue weighted by Crippen LogP contribution is 2.28. The first-order valence-electron chi connectivity index (χ1n) is 11.8. The van der Waals surface area contributed by atoms with Gasteiger partial charge < -0.3 is 15.4 Å². The minimum atomic E-state index is -0.798. The summed E-state index contributed by atoms with van der Waals surface area (Å²) in [5, 5.41) is 5.75. The Kier molecular flexibility index (Phi) is 7.44. The highest BCUT2D eigenvalue weighted by Gasteiger charge is 2.25. The predicted octanol–water partition coefficient (Wildman–Crippen LogP) is 5.01. The maximum absolute atomic E-state index is 13.9. The lowest BCUT2D eigenvalue weighted by atomic mass is 10.1. The molecule has 1 atom stereocenters. The predicted molar refractivity (Wildman–Crippen MR) is 141 cm³/mol. The first kappa shape index (κ1) is 24.7. The summed E-state index contributed by atoms with van der Waals surface area (Å²) >= 11 is 0. The van der Waals surface area contributed by atoms with Crippen LogP contribution in [-0.4, -0.2) is 28.5 Å². The number of carbonyl (C=O) groups excluding carboxylic acids is 2. The molecule has 0 aliphatic rings. The van der Waals surface area contributed by atoms with Crippen LogP contribution < -0.4 is 20.9 Å². The number of rotatable bonds is 8. The van der Waals surface area contributed by atoms with Gasteiger partial charge in [-0.05, 0) is 36.8 Å². The lowest BCUT2D eigenvalue weighted by Crippen LogP contribution is -2.34. The zero-order valence-corrected chi connectivity index (χ0v) is 20.4. The van der Waals surface area contributed by atoms with Crippen LogP contribution in [0.3, 0.4) is 0 Å². The van der Waals surface area contributed by atoms with E-state index in [2.05, 4.69) is 15.6 Å². The summed E-state index contributed by atoms with van der Waals surface area (Å²) in [5.74, 6) is 0.107. The summed E-state index contributed by atoms with van der Waals surface area (Å²) in [5.41, 5.74) is 2.41. The van der Waals surface area contributed by atoms with Gasteiger partial charge in [0.2, 0.25) is 11.8 Å². The molecule has 8 heteroatoms. The quantitative estimate of drug-likeness (QED) is 0.366. The third-order valence-electron chi connectivity index (χ3n) is 5.91. The van der Waals surface area contributed by atoms with Crippen molar-refractivity contribution in [3.63, 3.8) is 0 Å². The van der Waals surface area contributed by atoms with Gasteiger partial charge in [-0.15, -0.1) is 0 Å². The maximum atomic E-state index is 13.9. The highest BCUT2D eigenvalue weighted by atomic mass is 16.5. The van der Waals surface area contributed by atoms with Gasteiger partial charge in [0.05, 0.1) is 23.8 Å². The Morgan fingerprint density at radius 3 is 2.47 bits per heavy atom. The summed E-state index contributed by atoms with van der Waals surface area (Å²) in [4.78, 5) is 44.2. The molecule has 1 aromatic heterocycles. The lowest BCUT2D eigenvalue weighted by Gasteiger charge is -2.21. The number of carbonyl (C=O) groups is 2. The minimum absolute atomic E-state index is 0.160. The number of hydrogen-bond acceptors (Lipinski definition) is 5. The van der Waals surface area contributed by atoms with Crippen LogP contribution >= 0.6 is 0 Å². The molecule has 0 saturated carbocycles. The summed E-state index contributed by atoms with van der Waals surface area (Å²) in [6, 6.07) is 20.5. The SMILES string of the molecule is CCC(=O)Nc1ccccc1-c1nc2ccccc2n([C@H](CC)C(=O)Nc2cccc(OC)c2)c1=O. The van der Waals surface area contributed by atoms with E-state index < -0.39 is 11.6 Å². The molecule has 0 aliphatic heterocycles. The van der Waals surface area contributed by atoms with Crippen LogP contribution in [0.5, 0.6) is 5.75 Å². The molecule has 36 heavy (non-hydrogen) atoms. The molecule has 0 saturated heterocycles. The molecule has 4 rings (SSSR count). The number of nitrogens with one attached hydrogen (secondary N) is 2. The van der Waals surface area contributed by atoms with Crippen molar-refractivity contribution in [3.05, 3.63) is 83.2 Å². The number of nitrogens with zero attached hydrogens (tertiary/aromatic N) is 2. The molecule has 0 aliphatic carbocycles. The highest BCUT2D eigenvalue weighted by molar-refractivity contribution is 5.96. The molecule has 2 N–H and O–H groups in total. The largest absolute Gasteiger partial charge is 0.497 e. The summed E-state index contributed by atoms with van der Waals surface area (Å²) in [6.45, 7) is 3.61. The smallest absolute Gasteiger partial charge is 0.278 e. The van der Waals surface area contributed by atoms with Crippen molar-refractivity contribution >= 4 is 34.2 Å². The number of ether oxygens (including phenoxy) is 1. The molecule has 0 fully saturated rings. The first-order chi connectivity index (χ1) is 17.5. The summed E-state index contributed by atoms with van der Waals surface area (Å²) in [7, 11) is 1.56. The van der Waals surface area contributed by atoms with Gasteiger partial charge in [-0.3, -0.25) is 19.0 Å². The van der Waals surface area contributed by atoms with E-state index in [0.29, 0.717) is 46.6 Å². The van der Waals surface area contributed by atoms with Crippen molar-refractivity contribution in [1.29, 1.82) is 0 Å². The number of benzene rings is 3. The average Bonchev–Trinajstić information content (AvgIpc) is 2.90. The summed E-state index contributed by atoms with van der Waals surface area (Å²) in [6.07, 6.45) is 0.670. The van der Waals surface area contributed by atoms with Gasteiger partial charge in [-0.2, -0.15) is 0 Å². The van der Waals surface area contributed by atoms with Crippen LogP contribution in [0.1, 0.15) is 32.7 Å². The van der Waals surface area contributed by atoms with E-state index in [1.807, 2.05) is 19.1 Å². The Hall–Kier alpha value is -4.46. The molecule has 1 heterocycles. The van der Waals surface area contributed by atoms with Crippen LogP contribution in [0.4, 0.5) is 11.4 Å². The van der Waals surface area contributed by atoms with E-state index in [-0.39, 0.29) is 17.5 Å². The molecule has 4 aromatic rings. The van der Waals surface area contributed by atoms with Crippen LogP contribution in [0.2, 0.25) is 0 Å². The van der Waals surface area contributed by atoms with E-state index in [1.165, 1.54) is 4.57 Å². The zero-order chi connectivity index (χ0) is 25.7. The van der Waals surface area contributed by atoms with Crippen molar-refractivity contribution in [1.82, 2.24) is 9.55 Å². The second-order valence-corrected chi connectivity index (χ2v) is 8.22. The Morgan fingerprint density at radius 1 is 0.972 bits per heavy atom. The van der Waals surface area contributed by atoms with E-state index in [4.69, 9.17) is 4.74 Å². The Balaban J connectivity index is 1.85. The number of anilines is 2. The van der Waals surface area contributed by atoms with Gasteiger partial charge in [0.1, 0.15) is 17.5 Å². The molecule has 0 radical (unpaired) electrons. The summed E-state index contributed by atoms with van der Waals surface area (Å²) < 4.78 is 6.74.